The van der Waals surface area contributed by atoms with Gasteiger partial charge in [0.15, 0.2) is 0 Å². The van der Waals surface area contributed by atoms with Crippen molar-refractivity contribution in [1.82, 2.24) is 0 Å². The van der Waals surface area contributed by atoms with Gasteiger partial charge in [0.25, 0.3) is 0 Å². The van der Waals surface area contributed by atoms with Gasteiger partial charge in [-0.3, -0.25) is 0 Å². The van der Waals surface area contributed by atoms with Crippen molar-refractivity contribution < 1.29 is 0 Å². The van der Waals surface area contributed by atoms with Crippen LogP contribution in [-0.2, 0) is 16.2 Å². The minimum atomic E-state index is -0.266. The van der Waals surface area contributed by atoms with Crippen LogP contribution in [0.1, 0.15) is 79.0 Å². The zero-order valence-corrected chi connectivity index (χ0v) is 47.9. The summed E-state index contributed by atoms with van der Waals surface area (Å²) >= 11 is 0. The van der Waals surface area contributed by atoms with E-state index in [0.29, 0.717) is 0 Å². The van der Waals surface area contributed by atoms with E-state index in [-0.39, 0.29) is 16.2 Å². The van der Waals surface area contributed by atoms with Crippen LogP contribution in [0.3, 0.4) is 0 Å². The smallest absolute Gasteiger partial charge is 0.0618 e. The lowest BCUT2D eigenvalue weighted by atomic mass is 9.81. The first-order valence-corrected chi connectivity index (χ1v) is 28.2. The standard InChI is InChI=1S/C78H72N2/c1-76(2,3)63-48-68(79(66-44-40-57(41-45-66)55-28-16-10-17-29-55)74-70(59-32-20-12-21-33-59)50-64(77(4,5)6)51-71(74)60-34-22-13-23-35-60)54-69(49-63)80(67-46-42-58(43-47-67)56-30-18-11-19-31-56)75-72(61-36-24-14-25-37-61)52-65(78(7,8)9)53-73(75)62-38-26-15-27-39-62/h10-54H,1-9H3. The minimum absolute atomic E-state index is 0.140. The lowest BCUT2D eigenvalue weighted by molar-refractivity contribution is 0.590. The van der Waals surface area contributed by atoms with E-state index < -0.39 is 0 Å². The normalized spacial score (nSPS) is 11.8. The third-order valence-electron chi connectivity index (χ3n) is 15.5. The van der Waals surface area contributed by atoms with Gasteiger partial charge in [-0.2, -0.15) is 0 Å². The van der Waals surface area contributed by atoms with Crippen LogP contribution in [0.4, 0.5) is 34.1 Å². The van der Waals surface area contributed by atoms with E-state index in [1.807, 2.05) is 0 Å². The second-order valence-corrected chi connectivity index (χ2v) is 24.3. The summed E-state index contributed by atoms with van der Waals surface area (Å²) in [5.74, 6) is 0. The Bertz CT molecular complexity index is 3490. The van der Waals surface area contributed by atoms with Gasteiger partial charge in [-0.1, -0.05) is 269 Å². The summed E-state index contributed by atoms with van der Waals surface area (Å²) in [7, 11) is 0. The number of hydrogen-bond acceptors (Lipinski definition) is 2. The molecule has 0 N–H and O–H groups in total. The van der Waals surface area contributed by atoms with Gasteiger partial charge in [-0.15, -0.1) is 0 Å². The van der Waals surface area contributed by atoms with Crippen molar-refractivity contribution in [2.45, 2.75) is 78.6 Å². The zero-order valence-electron chi connectivity index (χ0n) is 47.9. The maximum absolute atomic E-state index is 2.56. The van der Waals surface area contributed by atoms with Gasteiger partial charge in [0, 0.05) is 45.0 Å². The van der Waals surface area contributed by atoms with E-state index in [0.717, 1.165) is 78.6 Å². The third kappa shape index (κ3) is 11.2. The highest BCUT2D eigenvalue weighted by molar-refractivity contribution is 6.02. The van der Waals surface area contributed by atoms with Crippen molar-refractivity contribution >= 4 is 34.1 Å². The van der Waals surface area contributed by atoms with Gasteiger partial charge in [0.2, 0.25) is 0 Å². The number of nitrogens with zero attached hydrogens (tertiary/aromatic N) is 2. The Balaban J connectivity index is 1.28. The average Bonchev–Trinajstić information content (AvgIpc) is 3.54. The first-order valence-electron chi connectivity index (χ1n) is 28.2. The molecule has 0 radical (unpaired) electrons. The molecule has 0 fully saturated rings. The molecule has 11 rings (SSSR count). The second-order valence-electron chi connectivity index (χ2n) is 24.3. The number of hydrogen-bond donors (Lipinski definition) is 0. The van der Waals surface area contributed by atoms with Crippen LogP contribution in [0.2, 0.25) is 0 Å². The van der Waals surface area contributed by atoms with E-state index in [1.54, 1.807) is 0 Å². The van der Waals surface area contributed by atoms with Crippen LogP contribution in [-0.4, -0.2) is 0 Å². The number of rotatable bonds is 12. The molecule has 0 unspecified atom stereocenters. The quantitative estimate of drug-likeness (QED) is 0.120. The summed E-state index contributed by atoms with van der Waals surface area (Å²) in [4.78, 5) is 5.11. The molecule has 2 heteroatoms. The van der Waals surface area contributed by atoms with Crippen molar-refractivity contribution in [3.63, 3.8) is 0 Å². The molecule has 0 aliphatic heterocycles. The highest BCUT2D eigenvalue weighted by Gasteiger charge is 2.31. The molecule has 11 aromatic carbocycles. The van der Waals surface area contributed by atoms with Crippen LogP contribution < -0.4 is 9.80 Å². The van der Waals surface area contributed by atoms with Gasteiger partial charge < -0.3 is 9.80 Å². The molecule has 0 aromatic heterocycles. The van der Waals surface area contributed by atoms with Gasteiger partial charge in [-0.25, -0.2) is 0 Å². The molecular formula is C78H72N2. The molecule has 0 aliphatic rings. The van der Waals surface area contributed by atoms with E-state index >= 15 is 0 Å². The van der Waals surface area contributed by atoms with Crippen molar-refractivity contribution in [3.8, 4) is 66.8 Å². The molecular weight excluding hydrogens is 965 g/mol. The molecule has 394 valence electrons. The SMILES string of the molecule is CC(C)(C)c1cc(N(c2ccc(-c3ccccc3)cc2)c2c(-c3ccccc3)cc(C(C)(C)C)cc2-c2ccccc2)cc(N(c2ccc(-c3ccccc3)cc2)c2c(-c3ccccc3)cc(C(C)(C)C)cc2-c2ccccc2)c1. The maximum Gasteiger partial charge on any atom is 0.0618 e. The molecule has 0 atom stereocenters. The predicted molar refractivity (Wildman–Crippen MR) is 345 cm³/mol. The topological polar surface area (TPSA) is 6.48 Å². The molecule has 0 saturated heterocycles. The third-order valence-corrected chi connectivity index (χ3v) is 15.5. The van der Waals surface area contributed by atoms with E-state index in [2.05, 4.69) is 345 Å². The Morgan fingerprint density at radius 2 is 0.412 bits per heavy atom. The lowest BCUT2D eigenvalue weighted by Gasteiger charge is -2.36. The van der Waals surface area contributed by atoms with Crippen LogP contribution in [0.15, 0.2) is 273 Å². The first-order chi connectivity index (χ1) is 38.6. The van der Waals surface area contributed by atoms with E-state index in [1.165, 1.54) is 38.9 Å². The molecule has 0 spiro atoms. The molecule has 0 aliphatic carbocycles. The summed E-state index contributed by atoms with van der Waals surface area (Å²) in [6.07, 6.45) is 0. The van der Waals surface area contributed by atoms with E-state index in [4.69, 9.17) is 0 Å². The Morgan fingerprint density at radius 1 is 0.200 bits per heavy atom. The average molecular weight is 1040 g/mol. The lowest BCUT2D eigenvalue weighted by Crippen LogP contribution is -2.20. The second kappa shape index (κ2) is 22.0. The highest BCUT2D eigenvalue weighted by Crippen LogP contribution is 2.53. The summed E-state index contributed by atoms with van der Waals surface area (Å²) in [6.45, 7) is 21.0. The number of benzene rings is 11. The minimum Gasteiger partial charge on any atom is -0.309 e. The molecule has 0 heterocycles. The van der Waals surface area contributed by atoms with Crippen LogP contribution in [0, 0.1) is 0 Å². The molecule has 80 heavy (non-hydrogen) atoms. The number of anilines is 6. The Labute approximate surface area is 476 Å². The fourth-order valence-corrected chi connectivity index (χ4v) is 10.9. The van der Waals surface area contributed by atoms with Gasteiger partial charge in [-0.05, 0) is 144 Å². The summed E-state index contributed by atoms with van der Waals surface area (Å²) in [6, 6.07) is 101. The molecule has 2 nitrogen and oxygen atoms in total. The van der Waals surface area contributed by atoms with E-state index in [9.17, 15) is 0 Å². The summed E-state index contributed by atoms with van der Waals surface area (Å²) in [5, 5.41) is 0. The van der Waals surface area contributed by atoms with Crippen molar-refractivity contribution in [2.24, 2.45) is 0 Å². The predicted octanol–water partition coefficient (Wildman–Crippen LogP) is 22.5. The van der Waals surface area contributed by atoms with Crippen LogP contribution >= 0.6 is 0 Å². The van der Waals surface area contributed by atoms with Gasteiger partial charge in [0.1, 0.15) is 0 Å². The highest BCUT2D eigenvalue weighted by atomic mass is 15.2. The molecule has 0 saturated carbocycles. The maximum atomic E-state index is 2.56. The van der Waals surface area contributed by atoms with Gasteiger partial charge >= 0.3 is 0 Å². The fraction of sp³-hybridized carbons (Fsp3) is 0.154. The zero-order chi connectivity index (χ0) is 55.6. The Kier molecular flexibility index (Phi) is 14.6. The first kappa shape index (κ1) is 53.0. The van der Waals surface area contributed by atoms with Crippen molar-refractivity contribution in [1.29, 1.82) is 0 Å². The fourth-order valence-electron chi connectivity index (χ4n) is 10.9. The Morgan fingerprint density at radius 3 is 0.650 bits per heavy atom. The molecule has 0 bridgehead atoms. The summed E-state index contributed by atoms with van der Waals surface area (Å²) < 4.78 is 0. The largest absolute Gasteiger partial charge is 0.309 e. The molecule has 0 amide bonds. The van der Waals surface area contributed by atoms with Crippen molar-refractivity contribution in [2.75, 3.05) is 9.80 Å². The van der Waals surface area contributed by atoms with Gasteiger partial charge in [0.05, 0.1) is 11.4 Å². The summed E-state index contributed by atoms with van der Waals surface area (Å²) in [5.41, 5.74) is 23.6. The van der Waals surface area contributed by atoms with Crippen LogP contribution in [0.25, 0.3) is 66.8 Å². The Hall–Kier alpha value is -8.98. The monoisotopic (exact) mass is 1040 g/mol. The molecule has 11 aromatic rings. The van der Waals surface area contributed by atoms with Crippen molar-refractivity contribution in [3.05, 3.63) is 290 Å². The van der Waals surface area contributed by atoms with Crippen LogP contribution in [0.5, 0.6) is 0 Å².